The van der Waals surface area contributed by atoms with E-state index < -0.39 is 0 Å². The molecule has 0 N–H and O–H groups in total. The molecule has 33 heavy (non-hydrogen) atoms. The second kappa shape index (κ2) is 9.46. The summed E-state index contributed by atoms with van der Waals surface area (Å²) in [6.07, 6.45) is 0. The van der Waals surface area contributed by atoms with E-state index in [1.165, 1.54) is 12.1 Å². The van der Waals surface area contributed by atoms with E-state index in [1.807, 2.05) is 47.4 Å². The number of piperazine rings is 1. The van der Waals surface area contributed by atoms with Crippen molar-refractivity contribution in [2.24, 2.45) is 0 Å². The first kappa shape index (κ1) is 21.2. The van der Waals surface area contributed by atoms with Crippen molar-refractivity contribution in [3.63, 3.8) is 0 Å². The van der Waals surface area contributed by atoms with Crippen LogP contribution in [-0.2, 0) is 13.2 Å². The molecule has 1 aromatic heterocycles. The van der Waals surface area contributed by atoms with Gasteiger partial charge in [-0.2, -0.15) is 0 Å². The quantitative estimate of drug-likeness (QED) is 0.415. The third kappa shape index (κ3) is 4.91. The number of carbonyl (C=O) groups excluding carboxylic acids is 1. The van der Waals surface area contributed by atoms with E-state index in [1.54, 1.807) is 24.3 Å². The summed E-state index contributed by atoms with van der Waals surface area (Å²) in [5, 5.41) is 2.16. The molecular weight excluding hydrogens is 419 g/mol. The van der Waals surface area contributed by atoms with E-state index in [-0.39, 0.29) is 18.3 Å². The Hall–Kier alpha value is -3.64. The number of nitrogens with zero attached hydrogens (tertiary/aromatic N) is 2. The Kier molecular flexibility index (Phi) is 6.09. The molecule has 1 aliphatic rings. The van der Waals surface area contributed by atoms with Gasteiger partial charge in [0.2, 0.25) is 0 Å². The number of halogens is 1. The van der Waals surface area contributed by atoms with Crippen LogP contribution in [0.3, 0.4) is 0 Å². The van der Waals surface area contributed by atoms with Crippen LogP contribution < -0.4 is 4.74 Å². The predicted molar refractivity (Wildman–Crippen MR) is 125 cm³/mol. The van der Waals surface area contributed by atoms with Crippen LogP contribution >= 0.6 is 0 Å². The fraction of sp³-hybridized carbons (Fsp3) is 0.222. The summed E-state index contributed by atoms with van der Waals surface area (Å²) in [6.45, 7) is 3.79. The number of furan rings is 1. The van der Waals surface area contributed by atoms with Crippen LogP contribution in [0.2, 0.25) is 0 Å². The minimum absolute atomic E-state index is 0.104. The molecule has 6 heteroatoms. The number of carbonyl (C=O) groups is 1. The molecule has 0 unspecified atom stereocenters. The third-order valence-electron chi connectivity index (χ3n) is 5.97. The van der Waals surface area contributed by atoms with Crippen molar-refractivity contribution in [2.75, 3.05) is 26.2 Å². The van der Waals surface area contributed by atoms with E-state index in [4.69, 9.17) is 9.15 Å². The van der Waals surface area contributed by atoms with E-state index >= 15 is 0 Å². The van der Waals surface area contributed by atoms with Gasteiger partial charge in [-0.05, 0) is 41.3 Å². The fourth-order valence-electron chi connectivity index (χ4n) is 4.15. The van der Waals surface area contributed by atoms with Crippen LogP contribution in [0.15, 0.2) is 83.3 Å². The van der Waals surface area contributed by atoms with Crippen molar-refractivity contribution < 1.29 is 18.3 Å². The minimum Gasteiger partial charge on any atom is -0.485 e. The van der Waals surface area contributed by atoms with Crippen molar-refractivity contribution in [1.82, 2.24) is 9.80 Å². The standard InChI is InChI=1S/C27H25FN2O3/c28-22-10-8-20(9-11-22)18-29-14-16-30(17-15-29)27(31)26-13-12-23(33-26)19-32-25-7-3-5-21-4-1-2-6-24(21)25/h1-13H,14-19H2. The number of amides is 1. The number of benzene rings is 3. The van der Waals surface area contributed by atoms with Gasteiger partial charge in [0.15, 0.2) is 5.76 Å². The number of ether oxygens (including phenoxy) is 1. The smallest absolute Gasteiger partial charge is 0.289 e. The lowest BCUT2D eigenvalue weighted by atomic mass is 10.1. The van der Waals surface area contributed by atoms with Crippen LogP contribution in [0.4, 0.5) is 4.39 Å². The van der Waals surface area contributed by atoms with E-state index in [0.29, 0.717) is 24.6 Å². The molecule has 1 saturated heterocycles. The van der Waals surface area contributed by atoms with Crippen LogP contribution in [0.25, 0.3) is 10.8 Å². The molecule has 168 valence electrons. The van der Waals surface area contributed by atoms with Gasteiger partial charge in [-0.25, -0.2) is 4.39 Å². The fourth-order valence-corrected chi connectivity index (χ4v) is 4.15. The number of fused-ring (bicyclic) bond motifs is 1. The summed E-state index contributed by atoms with van der Waals surface area (Å²) < 4.78 is 24.9. The van der Waals surface area contributed by atoms with Gasteiger partial charge in [-0.1, -0.05) is 48.5 Å². The molecule has 1 aliphatic heterocycles. The molecule has 0 atom stereocenters. The molecular formula is C27H25FN2O3. The summed E-state index contributed by atoms with van der Waals surface area (Å²) >= 11 is 0. The van der Waals surface area contributed by atoms with E-state index in [9.17, 15) is 9.18 Å². The molecule has 2 heterocycles. The van der Waals surface area contributed by atoms with Gasteiger partial charge in [0.25, 0.3) is 5.91 Å². The highest BCUT2D eigenvalue weighted by atomic mass is 19.1. The van der Waals surface area contributed by atoms with Crippen molar-refractivity contribution in [3.8, 4) is 5.75 Å². The van der Waals surface area contributed by atoms with Gasteiger partial charge in [-0.3, -0.25) is 9.69 Å². The summed E-state index contributed by atoms with van der Waals surface area (Å²) in [5.41, 5.74) is 1.07. The maximum absolute atomic E-state index is 13.1. The normalized spacial score (nSPS) is 14.5. The molecule has 5 nitrogen and oxygen atoms in total. The first-order valence-electron chi connectivity index (χ1n) is 11.1. The number of hydrogen-bond donors (Lipinski definition) is 0. The lowest BCUT2D eigenvalue weighted by molar-refractivity contribution is 0.0594. The average molecular weight is 445 g/mol. The van der Waals surface area contributed by atoms with Crippen LogP contribution in [0, 0.1) is 5.82 Å². The largest absolute Gasteiger partial charge is 0.485 e. The van der Waals surface area contributed by atoms with Gasteiger partial charge >= 0.3 is 0 Å². The molecule has 0 saturated carbocycles. The lowest BCUT2D eigenvalue weighted by Gasteiger charge is -2.34. The zero-order valence-corrected chi connectivity index (χ0v) is 18.2. The highest BCUT2D eigenvalue weighted by Crippen LogP contribution is 2.26. The van der Waals surface area contributed by atoms with Gasteiger partial charge in [0, 0.05) is 38.1 Å². The summed E-state index contributed by atoms with van der Waals surface area (Å²) in [4.78, 5) is 17.0. The molecule has 0 aliphatic carbocycles. The molecule has 1 fully saturated rings. The van der Waals surface area contributed by atoms with Crippen molar-refractivity contribution >= 4 is 16.7 Å². The molecule has 0 bridgehead atoms. The second-order valence-corrected chi connectivity index (χ2v) is 8.23. The lowest BCUT2D eigenvalue weighted by Crippen LogP contribution is -2.48. The third-order valence-corrected chi connectivity index (χ3v) is 5.97. The Morgan fingerprint density at radius 2 is 1.64 bits per heavy atom. The SMILES string of the molecule is O=C(c1ccc(COc2cccc3ccccc23)o1)N1CCN(Cc2ccc(F)cc2)CC1. The average Bonchev–Trinajstić information content (AvgIpc) is 3.33. The van der Waals surface area contributed by atoms with Crippen LogP contribution in [0.5, 0.6) is 5.75 Å². The van der Waals surface area contributed by atoms with E-state index in [2.05, 4.69) is 4.90 Å². The van der Waals surface area contributed by atoms with Gasteiger partial charge < -0.3 is 14.1 Å². The topological polar surface area (TPSA) is 45.9 Å². The maximum Gasteiger partial charge on any atom is 0.289 e. The molecule has 1 amide bonds. The minimum atomic E-state index is -0.227. The van der Waals surface area contributed by atoms with Crippen LogP contribution in [-0.4, -0.2) is 41.9 Å². The summed E-state index contributed by atoms with van der Waals surface area (Å²) in [7, 11) is 0. The van der Waals surface area contributed by atoms with Crippen molar-refractivity contribution in [2.45, 2.75) is 13.2 Å². The monoisotopic (exact) mass is 444 g/mol. The molecule has 3 aromatic carbocycles. The molecule has 0 radical (unpaired) electrons. The van der Waals surface area contributed by atoms with Gasteiger partial charge in [-0.15, -0.1) is 0 Å². The van der Waals surface area contributed by atoms with Crippen LogP contribution in [0.1, 0.15) is 21.9 Å². The van der Waals surface area contributed by atoms with Gasteiger partial charge in [0.05, 0.1) is 0 Å². The zero-order chi connectivity index (χ0) is 22.6. The Labute approximate surface area is 192 Å². The highest BCUT2D eigenvalue weighted by Gasteiger charge is 2.24. The maximum atomic E-state index is 13.1. The van der Waals surface area contributed by atoms with Crippen molar-refractivity contribution in [1.29, 1.82) is 0 Å². The Morgan fingerprint density at radius 3 is 2.45 bits per heavy atom. The van der Waals surface area contributed by atoms with E-state index in [0.717, 1.165) is 41.7 Å². The zero-order valence-electron chi connectivity index (χ0n) is 18.2. The first-order chi connectivity index (χ1) is 16.2. The predicted octanol–water partition coefficient (Wildman–Crippen LogP) is 5.11. The second-order valence-electron chi connectivity index (χ2n) is 8.23. The Balaban J connectivity index is 1.15. The Morgan fingerprint density at radius 1 is 0.879 bits per heavy atom. The molecule has 0 spiro atoms. The van der Waals surface area contributed by atoms with Gasteiger partial charge in [0.1, 0.15) is 23.9 Å². The number of hydrogen-bond acceptors (Lipinski definition) is 4. The highest BCUT2D eigenvalue weighted by molar-refractivity contribution is 5.91. The first-order valence-corrected chi connectivity index (χ1v) is 11.1. The summed E-state index contributed by atoms with van der Waals surface area (Å²) in [5.74, 6) is 1.40. The van der Waals surface area contributed by atoms with Crippen molar-refractivity contribution in [3.05, 3.63) is 102 Å². The Bertz CT molecular complexity index is 1240. The number of rotatable bonds is 6. The summed E-state index contributed by atoms with van der Waals surface area (Å²) in [6, 6.07) is 24.1. The molecule has 5 rings (SSSR count). The molecule has 4 aromatic rings.